The van der Waals surface area contributed by atoms with Gasteiger partial charge in [0.15, 0.2) is 0 Å². The molecule has 0 saturated heterocycles. The minimum atomic E-state index is -5.56. The lowest BCUT2D eigenvalue weighted by Gasteiger charge is -2.17. The Balaban J connectivity index is 3.03. The van der Waals surface area contributed by atoms with Gasteiger partial charge in [-0.1, -0.05) is 18.2 Å². The van der Waals surface area contributed by atoms with Crippen molar-refractivity contribution in [1.82, 2.24) is 0 Å². The molecule has 11 nitrogen and oxygen atoms in total. The summed E-state index contributed by atoms with van der Waals surface area (Å²) in [5.74, 6) is -1.43. The van der Waals surface area contributed by atoms with Gasteiger partial charge in [-0.3, -0.25) is 0 Å². The maximum absolute atomic E-state index is 11.8. The second-order valence-electron chi connectivity index (χ2n) is 3.34. The zero-order valence-corrected chi connectivity index (χ0v) is 12.6. The molecule has 0 aliphatic rings. The molecule has 0 saturated carbocycles. The summed E-state index contributed by atoms with van der Waals surface area (Å²) in [6, 6.07) is 6.66. The van der Waals surface area contributed by atoms with Crippen molar-refractivity contribution in [3.05, 3.63) is 35.9 Å². The molecule has 1 aromatic carbocycles. The Bertz CT molecular complexity index is 615. The van der Waals surface area contributed by atoms with Crippen LogP contribution in [0.5, 0.6) is 0 Å². The van der Waals surface area contributed by atoms with Gasteiger partial charge in [0.2, 0.25) is 0 Å². The van der Waals surface area contributed by atoms with Crippen molar-refractivity contribution < 1.29 is 51.2 Å². The van der Waals surface area contributed by atoms with Gasteiger partial charge in [0.05, 0.1) is 5.56 Å². The van der Waals surface area contributed by atoms with Crippen LogP contribution in [0, 0.1) is 0 Å². The van der Waals surface area contributed by atoms with Gasteiger partial charge in [-0.2, -0.15) is 8.62 Å². The van der Waals surface area contributed by atoms with Gasteiger partial charge in [-0.15, -0.1) is 0 Å². The molecule has 0 atom stereocenters. The zero-order chi connectivity index (χ0) is 16.3. The predicted molar refractivity (Wildman–Crippen MR) is 65.7 cm³/mol. The predicted octanol–water partition coefficient (Wildman–Crippen LogP) is 1.17. The highest BCUT2D eigenvalue weighted by atomic mass is 31.3. The fourth-order valence-corrected chi connectivity index (χ4v) is 4.08. The number of rotatable bonds is 6. The van der Waals surface area contributed by atoms with Crippen molar-refractivity contribution in [2.45, 2.75) is 0 Å². The highest BCUT2D eigenvalue weighted by Gasteiger charge is 2.45. The quantitative estimate of drug-likeness (QED) is 0.534. The number of hydrogen-bond donors (Lipinski definition) is 4. The molecule has 4 N–H and O–H groups in total. The second-order valence-corrected chi connectivity index (χ2v) is 7.68. The first-order valence-electron chi connectivity index (χ1n) is 4.83. The number of hydrogen-bond acceptors (Lipinski definition) is 7. The van der Waals surface area contributed by atoms with Crippen LogP contribution in [0.4, 0.5) is 0 Å². The van der Waals surface area contributed by atoms with Crippen LogP contribution in [-0.2, 0) is 26.8 Å². The molecule has 0 spiro atoms. The molecule has 1 rings (SSSR count). The van der Waals surface area contributed by atoms with E-state index in [2.05, 4.69) is 13.1 Å². The summed E-state index contributed by atoms with van der Waals surface area (Å²) >= 11 is 0. The van der Waals surface area contributed by atoms with Crippen LogP contribution in [-0.4, -0.2) is 25.5 Å². The van der Waals surface area contributed by atoms with E-state index < -0.39 is 29.4 Å². The zero-order valence-electron chi connectivity index (χ0n) is 9.87. The van der Waals surface area contributed by atoms with E-state index in [4.69, 9.17) is 19.6 Å². The number of carbonyl (C=O) groups is 1. The van der Waals surface area contributed by atoms with E-state index in [1.807, 2.05) is 0 Å². The number of benzene rings is 1. The van der Waals surface area contributed by atoms with Gasteiger partial charge in [0.25, 0.3) is 0 Å². The average Bonchev–Trinajstić information content (AvgIpc) is 2.24. The lowest BCUT2D eigenvalue weighted by atomic mass is 10.2. The fourth-order valence-electron chi connectivity index (χ4n) is 1.04. The molecule has 0 aliphatic heterocycles. The van der Waals surface area contributed by atoms with Crippen LogP contribution < -0.4 is 0 Å². The minimum Gasteiger partial charge on any atom is -0.366 e. The molecule has 0 bridgehead atoms. The first-order chi connectivity index (χ1) is 9.40. The van der Waals surface area contributed by atoms with E-state index in [1.54, 1.807) is 0 Å². The normalized spacial score (nSPS) is 13.0. The summed E-state index contributed by atoms with van der Waals surface area (Å²) in [5, 5.41) is 0. The summed E-state index contributed by atoms with van der Waals surface area (Å²) in [4.78, 5) is 45.7. The Hall–Kier alpha value is -0.860. The topological polar surface area (TPSA) is 177 Å². The number of phosphoric acid groups is 3. The number of carbonyl (C=O) groups excluding carboxylic acids is 1. The molecule has 0 unspecified atom stereocenters. The van der Waals surface area contributed by atoms with Crippen molar-refractivity contribution in [1.29, 1.82) is 0 Å². The van der Waals surface area contributed by atoms with E-state index in [0.717, 1.165) is 0 Å². The van der Waals surface area contributed by atoms with Crippen molar-refractivity contribution in [2.24, 2.45) is 0 Å². The Morgan fingerprint density at radius 1 is 0.857 bits per heavy atom. The van der Waals surface area contributed by atoms with Crippen LogP contribution in [0.1, 0.15) is 10.4 Å². The van der Waals surface area contributed by atoms with Crippen molar-refractivity contribution in [2.75, 3.05) is 0 Å². The van der Waals surface area contributed by atoms with E-state index in [-0.39, 0.29) is 5.56 Å². The van der Waals surface area contributed by atoms with Gasteiger partial charge in [0, 0.05) is 0 Å². The molecule has 1 aromatic rings. The molecule has 0 aromatic heterocycles. The Labute approximate surface area is 117 Å². The molecule has 0 aliphatic carbocycles. The third-order valence-electron chi connectivity index (χ3n) is 1.62. The first-order valence-corrected chi connectivity index (χ1v) is 9.35. The molecular weight excluding hydrogens is 353 g/mol. The second kappa shape index (κ2) is 6.50. The minimum absolute atomic E-state index is 0.221. The monoisotopic (exact) mass is 362 g/mol. The maximum atomic E-state index is 11.8. The largest absolute Gasteiger partial charge is 0.550 e. The Morgan fingerprint density at radius 2 is 1.29 bits per heavy atom. The van der Waals surface area contributed by atoms with Crippen molar-refractivity contribution in [3.8, 4) is 0 Å². The van der Waals surface area contributed by atoms with Gasteiger partial charge in [-0.05, 0) is 12.1 Å². The molecular formula is C7H9O11P3. The third-order valence-corrected chi connectivity index (χ3v) is 5.31. The van der Waals surface area contributed by atoms with E-state index in [0.29, 0.717) is 0 Å². The SMILES string of the molecule is O=C(OP(=O)(OP(=O)(O)O)OP(=O)(O)O)c1ccccc1. The lowest BCUT2D eigenvalue weighted by molar-refractivity contribution is 0.0675. The molecule has 21 heavy (non-hydrogen) atoms. The highest BCUT2D eigenvalue weighted by Crippen LogP contribution is 2.67. The van der Waals surface area contributed by atoms with E-state index >= 15 is 0 Å². The van der Waals surface area contributed by atoms with Crippen LogP contribution in [0.25, 0.3) is 0 Å². The molecule has 0 fully saturated rings. The lowest BCUT2D eigenvalue weighted by Crippen LogP contribution is -2.06. The Morgan fingerprint density at radius 3 is 1.67 bits per heavy atom. The smallest absolute Gasteiger partial charge is 0.366 e. The fraction of sp³-hybridized carbons (Fsp3) is 0. The molecule has 0 radical (unpaired) electrons. The third kappa shape index (κ3) is 7.10. The van der Waals surface area contributed by atoms with Gasteiger partial charge < -0.3 is 24.1 Å². The van der Waals surface area contributed by atoms with Crippen LogP contribution >= 0.6 is 23.5 Å². The maximum Gasteiger partial charge on any atom is 0.550 e. The van der Waals surface area contributed by atoms with Crippen LogP contribution in [0.2, 0.25) is 0 Å². The first kappa shape index (κ1) is 18.2. The summed E-state index contributed by atoms with van der Waals surface area (Å²) < 4.78 is 44.2. The summed E-state index contributed by atoms with van der Waals surface area (Å²) in [6.45, 7) is 0. The summed E-state index contributed by atoms with van der Waals surface area (Å²) in [5.41, 5.74) is -0.221. The summed E-state index contributed by atoms with van der Waals surface area (Å²) in [7, 11) is -16.6. The molecule has 0 heterocycles. The Kier molecular flexibility index (Phi) is 5.63. The van der Waals surface area contributed by atoms with Gasteiger partial charge >= 0.3 is 29.4 Å². The highest BCUT2D eigenvalue weighted by molar-refractivity contribution is 7.67. The van der Waals surface area contributed by atoms with E-state index in [1.165, 1.54) is 30.3 Å². The molecule has 0 amide bonds. The van der Waals surface area contributed by atoms with Crippen LogP contribution in [0.15, 0.2) is 30.3 Å². The standard InChI is InChI=1S/C7H9O11P3/c8-7(6-4-2-1-3-5-6)16-21(15,17-19(9,10)11)18-20(12,13)14/h1-5H,(H2,9,10,11)(H2,12,13,14). The van der Waals surface area contributed by atoms with Gasteiger partial charge in [0.1, 0.15) is 0 Å². The van der Waals surface area contributed by atoms with Gasteiger partial charge in [-0.25, -0.2) is 18.5 Å². The average molecular weight is 362 g/mol. The van der Waals surface area contributed by atoms with Crippen molar-refractivity contribution in [3.63, 3.8) is 0 Å². The van der Waals surface area contributed by atoms with Crippen LogP contribution in [0.3, 0.4) is 0 Å². The summed E-state index contributed by atoms with van der Waals surface area (Å²) in [6.07, 6.45) is 0. The van der Waals surface area contributed by atoms with E-state index in [9.17, 15) is 18.5 Å². The molecule has 118 valence electrons. The molecule has 14 heteroatoms. The van der Waals surface area contributed by atoms with Crippen molar-refractivity contribution >= 4 is 29.4 Å².